The molecule has 4 aromatic rings. The van der Waals surface area contributed by atoms with E-state index >= 15 is 0 Å². The Labute approximate surface area is 224 Å². The third-order valence-corrected chi connectivity index (χ3v) is 7.04. The summed E-state index contributed by atoms with van der Waals surface area (Å²) in [5.74, 6) is -0.641. The van der Waals surface area contributed by atoms with Gasteiger partial charge in [0.1, 0.15) is 21.9 Å². The Morgan fingerprint density at radius 1 is 1.08 bits per heavy atom. The Bertz CT molecular complexity index is 1500. The number of nitrogens with one attached hydrogen (secondary N) is 3. The third-order valence-electron chi connectivity index (χ3n) is 5.03. The van der Waals surface area contributed by atoms with E-state index in [1.807, 2.05) is 6.07 Å². The maximum absolute atomic E-state index is 13.2. The zero-order valence-corrected chi connectivity index (χ0v) is 21.7. The molecule has 36 heavy (non-hydrogen) atoms. The van der Waals surface area contributed by atoms with Gasteiger partial charge in [-0.3, -0.25) is 15.0 Å². The number of rotatable bonds is 7. The molecule has 4 rings (SSSR count). The summed E-state index contributed by atoms with van der Waals surface area (Å²) in [6, 6.07) is 11.3. The highest BCUT2D eigenvalue weighted by Crippen LogP contribution is 2.35. The van der Waals surface area contributed by atoms with Crippen LogP contribution in [0.1, 0.15) is 25.6 Å². The van der Waals surface area contributed by atoms with E-state index < -0.39 is 11.8 Å². The SMILES string of the molecule is COc1cc(Cl)cc(C(=O)Nc2ccc(Cl)cn2)c1NC(=O)c1scc(Cn2ccccc2=N)c1Cl. The second kappa shape index (κ2) is 11.1. The molecule has 0 aliphatic carbocycles. The highest BCUT2D eigenvalue weighted by Gasteiger charge is 2.23. The zero-order chi connectivity index (χ0) is 25.8. The Morgan fingerprint density at radius 2 is 1.89 bits per heavy atom. The zero-order valence-electron chi connectivity index (χ0n) is 18.6. The Hall–Kier alpha value is -3.37. The van der Waals surface area contributed by atoms with E-state index in [1.54, 1.807) is 40.4 Å². The van der Waals surface area contributed by atoms with Crippen LogP contribution in [0.3, 0.4) is 0 Å². The minimum Gasteiger partial charge on any atom is -0.494 e. The van der Waals surface area contributed by atoms with E-state index in [2.05, 4.69) is 15.6 Å². The van der Waals surface area contributed by atoms with Gasteiger partial charge in [0.2, 0.25) is 0 Å². The van der Waals surface area contributed by atoms with Crippen molar-refractivity contribution in [3.05, 3.63) is 96.8 Å². The molecule has 12 heteroatoms. The molecule has 0 saturated heterocycles. The summed E-state index contributed by atoms with van der Waals surface area (Å²) in [6.45, 7) is 0.328. The van der Waals surface area contributed by atoms with Gasteiger partial charge >= 0.3 is 0 Å². The van der Waals surface area contributed by atoms with Gasteiger partial charge in [-0.2, -0.15) is 0 Å². The predicted molar refractivity (Wildman–Crippen MR) is 142 cm³/mol. The first kappa shape index (κ1) is 25.7. The third kappa shape index (κ3) is 5.71. The van der Waals surface area contributed by atoms with Crippen molar-refractivity contribution >= 4 is 69.5 Å². The molecule has 0 atom stereocenters. The molecular formula is C24H18Cl3N5O3S. The minimum absolute atomic E-state index is 0.0658. The second-order valence-electron chi connectivity index (χ2n) is 7.42. The van der Waals surface area contributed by atoms with Gasteiger partial charge in [-0.15, -0.1) is 11.3 Å². The number of pyridine rings is 2. The molecule has 1 aromatic carbocycles. The van der Waals surface area contributed by atoms with Gasteiger partial charge in [0, 0.05) is 29.0 Å². The number of methoxy groups -OCH3 is 1. The average molecular weight is 563 g/mol. The fraction of sp³-hybridized carbons (Fsp3) is 0.0833. The van der Waals surface area contributed by atoms with Gasteiger partial charge < -0.3 is 19.9 Å². The van der Waals surface area contributed by atoms with Gasteiger partial charge in [-0.05, 0) is 35.7 Å². The maximum atomic E-state index is 13.2. The molecule has 3 N–H and O–H groups in total. The molecule has 0 aliphatic rings. The van der Waals surface area contributed by atoms with Crippen molar-refractivity contribution in [1.29, 1.82) is 5.41 Å². The van der Waals surface area contributed by atoms with Crippen LogP contribution in [0.25, 0.3) is 0 Å². The van der Waals surface area contributed by atoms with Crippen LogP contribution in [0.15, 0.2) is 60.2 Å². The van der Waals surface area contributed by atoms with Gasteiger partial charge in [-0.1, -0.05) is 40.9 Å². The topological polar surface area (TPSA) is 109 Å². The van der Waals surface area contributed by atoms with Crippen molar-refractivity contribution in [3.63, 3.8) is 0 Å². The number of thiophene rings is 1. The number of carbonyl (C=O) groups is 2. The molecule has 184 valence electrons. The number of benzene rings is 1. The fourth-order valence-electron chi connectivity index (χ4n) is 3.29. The van der Waals surface area contributed by atoms with Crippen molar-refractivity contribution in [2.75, 3.05) is 17.7 Å². The first-order valence-corrected chi connectivity index (χ1v) is 12.4. The molecule has 0 aliphatic heterocycles. The van der Waals surface area contributed by atoms with Crippen molar-refractivity contribution in [2.45, 2.75) is 6.54 Å². The van der Waals surface area contributed by atoms with E-state index in [4.69, 9.17) is 44.9 Å². The molecule has 0 radical (unpaired) electrons. The maximum Gasteiger partial charge on any atom is 0.267 e. The smallest absolute Gasteiger partial charge is 0.267 e. The van der Waals surface area contributed by atoms with Crippen molar-refractivity contribution in [3.8, 4) is 5.75 Å². The predicted octanol–water partition coefficient (Wildman–Crippen LogP) is 5.95. The number of hydrogen-bond donors (Lipinski definition) is 3. The number of ether oxygens (including phenoxy) is 1. The first-order chi connectivity index (χ1) is 17.3. The van der Waals surface area contributed by atoms with Crippen LogP contribution in [0.4, 0.5) is 11.5 Å². The quantitative estimate of drug-likeness (QED) is 0.259. The summed E-state index contributed by atoms with van der Waals surface area (Å²) in [6.07, 6.45) is 3.15. The van der Waals surface area contributed by atoms with Crippen LogP contribution in [-0.2, 0) is 6.54 Å². The lowest BCUT2D eigenvalue weighted by Gasteiger charge is -2.15. The molecule has 3 aromatic heterocycles. The Morgan fingerprint density at radius 3 is 2.58 bits per heavy atom. The van der Waals surface area contributed by atoms with Crippen LogP contribution in [0.5, 0.6) is 5.75 Å². The summed E-state index contributed by atoms with van der Waals surface area (Å²) in [5.41, 5.74) is 1.18. The normalized spacial score (nSPS) is 10.7. The van der Waals surface area contributed by atoms with Crippen LogP contribution < -0.4 is 20.9 Å². The van der Waals surface area contributed by atoms with E-state index in [-0.39, 0.29) is 37.7 Å². The van der Waals surface area contributed by atoms with Gasteiger partial charge in [0.25, 0.3) is 11.8 Å². The van der Waals surface area contributed by atoms with Crippen LogP contribution in [0, 0.1) is 5.41 Å². The number of nitrogens with zero attached hydrogens (tertiary/aromatic N) is 2. The number of halogens is 3. The molecule has 2 amide bonds. The summed E-state index contributed by atoms with van der Waals surface area (Å²) in [7, 11) is 1.40. The molecule has 0 fully saturated rings. The summed E-state index contributed by atoms with van der Waals surface area (Å²) in [4.78, 5) is 30.6. The number of hydrogen-bond acceptors (Lipinski definition) is 6. The van der Waals surface area contributed by atoms with E-state index in [0.717, 1.165) is 11.3 Å². The van der Waals surface area contributed by atoms with E-state index in [0.29, 0.717) is 22.6 Å². The molecule has 0 bridgehead atoms. The van der Waals surface area contributed by atoms with Gasteiger partial charge in [0.05, 0.1) is 35.0 Å². The summed E-state index contributed by atoms with van der Waals surface area (Å²) >= 11 is 19.7. The van der Waals surface area contributed by atoms with Crippen LogP contribution >= 0.6 is 46.1 Å². The number of amides is 2. The Balaban J connectivity index is 1.62. The monoisotopic (exact) mass is 561 g/mol. The largest absolute Gasteiger partial charge is 0.494 e. The van der Waals surface area contributed by atoms with Crippen LogP contribution in [-0.4, -0.2) is 28.5 Å². The van der Waals surface area contributed by atoms with Crippen molar-refractivity contribution in [2.24, 2.45) is 0 Å². The first-order valence-electron chi connectivity index (χ1n) is 10.3. The number of anilines is 2. The van der Waals surface area contributed by atoms with Crippen LogP contribution in [0.2, 0.25) is 15.1 Å². The van der Waals surface area contributed by atoms with Gasteiger partial charge in [-0.25, -0.2) is 4.98 Å². The summed E-state index contributed by atoms with van der Waals surface area (Å²) < 4.78 is 7.08. The molecular weight excluding hydrogens is 545 g/mol. The van der Waals surface area contributed by atoms with E-state index in [1.165, 1.54) is 25.4 Å². The number of aromatic nitrogens is 2. The summed E-state index contributed by atoms with van der Waals surface area (Å²) in [5, 5.41) is 16.1. The highest BCUT2D eigenvalue weighted by atomic mass is 35.5. The lowest BCUT2D eigenvalue weighted by molar-refractivity contribution is 0.102. The molecule has 8 nitrogen and oxygen atoms in total. The van der Waals surface area contributed by atoms with Crippen molar-refractivity contribution in [1.82, 2.24) is 9.55 Å². The Kier molecular flexibility index (Phi) is 7.95. The minimum atomic E-state index is -0.567. The standard InChI is InChI=1S/C24H18Cl3N5O3S/c1-35-17-9-15(26)8-16(23(33)30-19-6-5-14(25)10-29-19)21(17)31-24(34)22-20(27)13(12-36-22)11-32-7-3-2-4-18(32)28/h2-10,12,28H,11H2,1H3,(H,31,34)(H,29,30,33). The molecule has 3 heterocycles. The molecule has 0 saturated carbocycles. The number of carbonyl (C=O) groups excluding carboxylic acids is 2. The van der Waals surface area contributed by atoms with Crippen molar-refractivity contribution < 1.29 is 14.3 Å². The second-order valence-corrected chi connectivity index (χ2v) is 9.55. The molecule has 0 unspecified atom stereocenters. The fourth-order valence-corrected chi connectivity index (χ4v) is 4.86. The van der Waals surface area contributed by atoms with E-state index in [9.17, 15) is 9.59 Å². The average Bonchev–Trinajstić information content (AvgIpc) is 3.22. The lowest BCUT2D eigenvalue weighted by atomic mass is 10.1. The highest BCUT2D eigenvalue weighted by molar-refractivity contribution is 7.13. The molecule has 0 spiro atoms. The van der Waals surface area contributed by atoms with Gasteiger partial charge in [0.15, 0.2) is 0 Å². The lowest BCUT2D eigenvalue weighted by Crippen LogP contribution is -2.20.